The fourth-order valence-electron chi connectivity index (χ4n) is 1.07. The second kappa shape index (κ2) is 3.73. The number of nitrogens with two attached hydrogens (primary N) is 1. The average Bonchev–Trinajstić information content (AvgIpc) is 2.12. The number of hydrogen-bond acceptors (Lipinski definition) is 2. The Hall–Kier alpha value is -0.350. The molecule has 0 aliphatic carbocycles. The molecule has 1 heterocycles. The Labute approximate surface area is 66.6 Å². The average molecular weight is 159 g/mol. The first kappa shape index (κ1) is 7.75. The molecule has 0 amide bonds. The van der Waals surface area contributed by atoms with Crippen molar-refractivity contribution in [2.24, 2.45) is 5.73 Å². The molecule has 0 unspecified atom stereocenters. The van der Waals surface area contributed by atoms with Crippen LogP contribution in [0.2, 0.25) is 0 Å². The van der Waals surface area contributed by atoms with Crippen molar-refractivity contribution in [1.82, 2.24) is 10.2 Å². The fraction of sp³-hybridized carbons (Fsp3) is 0.833. The maximum Gasteiger partial charge on any atom is 0.166 e. The summed E-state index contributed by atoms with van der Waals surface area (Å²) in [6.07, 6.45) is 1.14. The molecule has 0 aromatic heterocycles. The predicted octanol–water partition coefficient (Wildman–Crippen LogP) is -0.475. The number of rotatable bonds is 0. The molecule has 0 aromatic carbocycles. The zero-order valence-electron chi connectivity index (χ0n) is 5.97. The number of thiocarbonyl (C=S) groups is 1. The minimum Gasteiger partial charge on any atom is -0.376 e. The van der Waals surface area contributed by atoms with E-state index in [1.807, 2.05) is 4.90 Å². The van der Waals surface area contributed by atoms with Gasteiger partial charge < -0.3 is 16.0 Å². The van der Waals surface area contributed by atoms with Crippen LogP contribution in [0.3, 0.4) is 0 Å². The lowest BCUT2D eigenvalue weighted by Gasteiger charge is -2.18. The predicted molar refractivity (Wildman–Crippen MR) is 45.8 cm³/mol. The van der Waals surface area contributed by atoms with Crippen molar-refractivity contribution < 1.29 is 0 Å². The molecule has 1 fully saturated rings. The van der Waals surface area contributed by atoms with Crippen LogP contribution in [-0.2, 0) is 0 Å². The van der Waals surface area contributed by atoms with Crippen molar-refractivity contribution in [2.45, 2.75) is 6.42 Å². The van der Waals surface area contributed by atoms with Gasteiger partial charge >= 0.3 is 0 Å². The SMILES string of the molecule is NC(=S)N1CCCNCC1. The first-order valence-corrected chi connectivity index (χ1v) is 3.96. The largest absolute Gasteiger partial charge is 0.376 e. The Morgan fingerprint density at radius 1 is 1.40 bits per heavy atom. The first-order valence-electron chi connectivity index (χ1n) is 3.56. The van der Waals surface area contributed by atoms with Crippen LogP contribution in [0.5, 0.6) is 0 Å². The standard InChI is InChI=1S/C6H13N3S/c7-6(10)9-4-1-2-8-3-5-9/h8H,1-5H2,(H2,7,10). The van der Waals surface area contributed by atoms with Crippen molar-refractivity contribution in [3.63, 3.8) is 0 Å². The van der Waals surface area contributed by atoms with Gasteiger partial charge in [0.05, 0.1) is 0 Å². The Kier molecular flexibility index (Phi) is 2.89. The highest BCUT2D eigenvalue weighted by atomic mass is 32.1. The molecule has 4 heteroatoms. The summed E-state index contributed by atoms with van der Waals surface area (Å²) in [5, 5.41) is 3.81. The molecule has 10 heavy (non-hydrogen) atoms. The minimum absolute atomic E-state index is 0.531. The van der Waals surface area contributed by atoms with E-state index < -0.39 is 0 Å². The maximum atomic E-state index is 5.47. The van der Waals surface area contributed by atoms with E-state index in [2.05, 4.69) is 5.32 Å². The first-order chi connectivity index (χ1) is 4.80. The van der Waals surface area contributed by atoms with Crippen LogP contribution in [0.1, 0.15) is 6.42 Å². The highest BCUT2D eigenvalue weighted by molar-refractivity contribution is 7.80. The van der Waals surface area contributed by atoms with Gasteiger partial charge in [0.25, 0.3) is 0 Å². The highest BCUT2D eigenvalue weighted by Crippen LogP contribution is 1.93. The van der Waals surface area contributed by atoms with E-state index in [4.69, 9.17) is 18.0 Å². The third-order valence-corrected chi connectivity index (χ3v) is 1.91. The lowest BCUT2D eigenvalue weighted by atomic mass is 10.4. The van der Waals surface area contributed by atoms with Crippen LogP contribution in [-0.4, -0.2) is 36.2 Å². The number of hydrogen-bond donors (Lipinski definition) is 2. The molecule has 0 bridgehead atoms. The summed E-state index contributed by atoms with van der Waals surface area (Å²) in [6, 6.07) is 0. The molecule has 0 radical (unpaired) electrons. The van der Waals surface area contributed by atoms with Crippen LogP contribution in [0.25, 0.3) is 0 Å². The molecule has 0 saturated carbocycles. The summed E-state index contributed by atoms with van der Waals surface area (Å²) in [6.45, 7) is 4.04. The molecule has 1 aliphatic rings. The van der Waals surface area contributed by atoms with Gasteiger partial charge in [-0.1, -0.05) is 0 Å². The second-order valence-electron chi connectivity index (χ2n) is 2.43. The zero-order valence-corrected chi connectivity index (χ0v) is 6.78. The van der Waals surface area contributed by atoms with E-state index in [1.165, 1.54) is 0 Å². The van der Waals surface area contributed by atoms with Crippen molar-refractivity contribution >= 4 is 17.3 Å². The van der Waals surface area contributed by atoms with Crippen molar-refractivity contribution in [2.75, 3.05) is 26.2 Å². The molecule has 58 valence electrons. The van der Waals surface area contributed by atoms with E-state index in [9.17, 15) is 0 Å². The monoisotopic (exact) mass is 159 g/mol. The molecular formula is C6H13N3S. The van der Waals surface area contributed by atoms with Crippen molar-refractivity contribution in [1.29, 1.82) is 0 Å². The fourth-order valence-corrected chi connectivity index (χ4v) is 1.25. The van der Waals surface area contributed by atoms with Gasteiger partial charge in [-0.15, -0.1) is 0 Å². The van der Waals surface area contributed by atoms with Gasteiger partial charge in [0, 0.05) is 19.6 Å². The Morgan fingerprint density at radius 2 is 2.20 bits per heavy atom. The third kappa shape index (κ3) is 2.11. The Bertz CT molecular complexity index is 118. The lowest BCUT2D eigenvalue weighted by molar-refractivity contribution is 0.450. The van der Waals surface area contributed by atoms with Gasteiger partial charge in [0.1, 0.15) is 0 Å². The van der Waals surface area contributed by atoms with Crippen LogP contribution in [0.4, 0.5) is 0 Å². The van der Waals surface area contributed by atoms with Crippen molar-refractivity contribution in [3.8, 4) is 0 Å². The lowest BCUT2D eigenvalue weighted by Crippen LogP contribution is -2.37. The molecule has 0 aromatic rings. The molecule has 0 atom stereocenters. The number of nitrogens with zero attached hydrogens (tertiary/aromatic N) is 1. The van der Waals surface area contributed by atoms with Gasteiger partial charge in [-0.2, -0.15) is 0 Å². The summed E-state index contributed by atoms with van der Waals surface area (Å²) in [7, 11) is 0. The highest BCUT2D eigenvalue weighted by Gasteiger charge is 2.07. The molecular weight excluding hydrogens is 146 g/mol. The number of nitrogens with one attached hydrogen (secondary N) is 1. The Balaban J connectivity index is 2.35. The summed E-state index contributed by atoms with van der Waals surface area (Å²) in [5.74, 6) is 0. The van der Waals surface area contributed by atoms with E-state index in [-0.39, 0.29) is 0 Å². The van der Waals surface area contributed by atoms with Crippen LogP contribution in [0.15, 0.2) is 0 Å². The molecule has 1 saturated heterocycles. The molecule has 1 aliphatic heterocycles. The van der Waals surface area contributed by atoms with Crippen molar-refractivity contribution in [3.05, 3.63) is 0 Å². The van der Waals surface area contributed by atoms with E-state index in [0.29, 0.717) is 5.11 Å². The zero-order chi connectivity index (χ0) is 7.40. The summed E-state index contributed by atoms with van der Waals surface area (Å²) in [4.78, 5) is 2.04. The maximum absolute atomic E-state index is 5.47. The third-order valence-electron chi connectivity index (χ3n) is 1.65. The second-order valence-corrected chi connectivity index (χ2v) is 2.85. The van der Waals surface area contributed by atoms with Gasteiger partial charge in [-0.05, 0) is 25.2 Å². The molecule has 0 spiro atoms. The minimum atomic E-state index is 0.531. The summed E-state index contributed by atoms with van der Waals surface area (Å²) in [5.41, 5.74) is 5.47. The summed E-state index contributed by atoms with van der Waals surface area (Å²) < 4.78 is 0. The van der Waals surface area contributed by atoms with Crippen LogP contribution >= 0.6 is 12.2 Å². The smallest absolute Gasteiger partial charge is 0.166 e. The summed E-state index contributed by atoms with van der Waals surface area (Å²) >= 11 is 4.85. The van der Waals surface area contributed by atoms with E-state index in [1.54, 1.807) is 0 Å². The Morgan fingerprint density at radius 3 is 2.90 bits per heavy atom. The normalized spacial score (nSPS) is 20.2. The van der Waals surface area contributed by atoms with Gasteiger partial charge in [-0.25, -0.2) is 0 Å². The van der Waals surface area contributed by atoms with Crippen LogP contribution in [0, 0.1) is 0 Å². The van der Waals surface area contributed by atoms with Gasteiger partial charge in [-0.3, -0.25) is 0 Å². The van der Waals surface area contributed by atoms with E-state index in [0.717, 1.165) is 32.6 Å². The quantitative estimate of drug-likeness (QED) is 0.469. The van der Waals surface area contributed by atoms with Crippen LogP contribution < -0.4 is 11.1 Å². The molecule has 3 nitrogen and oxygen atoms in total. The molecule has 3 N–H and O–H groups in total. The molecule has 1 rings (SSSR count). The van der Waals surface area contributed by atoms with Gasteiger partial charge in [0.15, 0.2) is 5.11 Å². The van der Waals surface area contributed by atoms with Gasteiger partial charge in [0.2, 0.25) is 0 Å². The van der Waals surface area contributed by atoms with E-state index >= 15 is 0 Å². The topological polar surface area (TPSA) is 41.3 Å².